The number of hydrogen-bond acceptors (Lipinski definition) is 3. The van der Waals surface area contributed by atoms with E-state index in [0.717, 1.165) is 5.56 Å². The minimum Gasteiger partial charge on any atom is -0.396 e. The fraction of sp³-hybridized carbons (Fsp3) is 0.500. The van der Waals surface area contributed by atoms with Crippen molar-refractivity contribution in [3.8, 4) is 0 Å². The molecule has 4 N–H and O–H groups in total. The maximum atomic E-state index is 8.57. The van der Waals surface area contributed by atoms with Crippen LogP contribution in [-0.2, 0) is 0 Å². The predicted molar refractivity (Wildman–Crippen MR) is 42.2 cm³/mol. The van der Waals surface area contributed by atoms with Crippen LogP contribution in [0, 0.1) is 0 Å². The molecule has 0 bridgehead atoms. The van der Waals surface area contributed by atoms with E-state index in [-0.39, 0.29) is 12.6 Å². The molecule has 1 unspecified atom stereocenters. The minimum atomic E-state index is -0.230. The SMILES string of the molecule is NC(CCO)c1cn[nH]c1Cl. The van der Waals surface area contributed by atoms with Gasteiger partial charge in [0.25, 0.3) is 0 Å². The number of nitrogens with one attached hydrogen (secondary N) is 1. The number of nitrogens with two attached hydrogens (primary N) is 1. The molecule has 0 spiro atoms. The van der Waals surface area contributed by atoms with Gasteiger partial charge in [0.15, 0.2) is 0 Å². The summed E-state index contributed by atoms with van der Waals surface area (Å²) in [5.41, 5.74) is 6.40. The molecule has 0 aromatic carbocycles. The van der Waals surface area contributed by atoms with Crippen molar-refractivity contribution in [3.05, 3.63) is 16.9 Å². The van der Waals surface area contributed by atoms with Gasteiger partial charge in [0.2, 0.25) is 0 Å². The third-order valence-corrected chi connectivity index (χ3v) is 1.76. The summed E-state index contributed by atoms with van der Waals surface area (Å²) in [7, 11) is 0. The molecule has 0 aliphatic heterocycles. The fourth-order valence-electron chi connectivity index (χ4n) is 0.833. The van der Waals surface area contributed by atoms with Crippen molar-refractivity contribution in [1.82, 2.24) is 10.2 Å². The molecule has 0 aliphatic rings. The first-order valence-electron chi connectivity index (χ1n) is 3.31. The van der Waals surface area contributed by atoms with Gasteiger partial charge in [0.05, 0.1) is 6.20 Å². The van der Waals surface area contributed by atoms with Gasteiger partial charge in [0, 0.05) is 18.2 Å². The zero-order chi connectivity index (χ0) is 8.27. The van der Waals surface area contributed by atoms with Crippen LogP contribution in [0.15, 0.2) is 6.20 Å². The van der Waals surface area contributed by atoms with Gasteiger partial charge >= 0.3 is 0 Å². The highest BCUT2D eigenvalue weighted by molar-refractivity contribution is 6.30. The van der Waals surface area contributed by atoms with Gasteiger partial charge in [-0.1, -0.05) is 11.6 Å². The summed E-state index contributed by atoms with van der Waals surface area (Å²) in [5.74, 6) is 0. The van der Waals surface area contributed by atoms with Gasteiger partial charge in [0.1, 0.15) is 5.15 Å². The Morgan fingerprint density at radius 2 is 2.55 bits per heavy atom. The van der Waals surface area contributed by atoms with Crippen LogP contribution < -0.4 is 5.73 Å². The van der Waals surface area contributed by atoms with E-state index in [9.17, 15) is 0 Å². The standard InChI is InChI=1S/C6H10ClN3O/c7-6-4(3-9-10-6)5(8)1-2-11/h3,5,11H,1-2,8H2,(H,9,10). The number of H-pyrrole nitrogens is 1. The third kappa shape index (κ3) is 1.92. The molecule has 4 nitrogen and oxygen atoms in total. The van der Waals surface area contributed by atoms with Crippen LogP contribution in [0.25, 0.3) is 0 Å². The maximum absolute atomic E-state index is 8.57. The number of aliphatic hydroxyl groups excluding tert-OH is 1. The predicted octanol–water partition coefficient (Wildman–Crippen LogP) is 0.445. The molecular formula is C6H10ClN3O. The van der Waals surface area contributed by atoms with Crippen LogP contribution >= 0.6 is 11.6 Å². The molecular weight excluding hydrogens is 166 g/mol. The maximum Gasteiger partial charge on any atom is 0.128 e. The molecule has 1 aromatic heterocycles. The first-order valence-corrected chi connectivity index (χ1v) is 3.68. The molecule has 0 saturated heterocycles. The van der Waals surface area contributed by atoms with Crippen molar-refractivity contribution >= 4 is 11.6 Å². The van der Waals surface area contributed by atoms with E-state index >= 15 is 0 Å². The Bertz CT molecular complexity index is 225. The summed E-state index contributed by atoms with van der Waals surface area (Å²) in [5, 5.41) is 15.3. The normalized spacial score (nSPS) is 13.4. The first-order chi connectivity index (χ1) is 5.25. The number of halogens is 1. The summed E-state index contributed by atoms with van der Waals surface area (Å²) < 4.78 is 0. The topological polar surface area (TPSA) is 74.9 Å². The lowest BCUT2D eigenvalue weighted by molar-refractivity contribution is 0.276. The van der Waals surface area contributed by atoms with Crippen LogP contribution in [0.4, 0.5) is 0 Å². The van der Waals surface area contributed by atoms with E-state index < -0.39 is 0 Å². The molecule has 1 atom stereocenters. The molecule has 0 aliphatic carbocycles. The number of aliphatic hydroxyl groups is 1. The smallest absolute Gasteiger partial charge is 0.128 e. The van der Waals surface area contributed by atoms with E-state index in [4.69, 9.17) is 22.4 Å². The monoisotopic (exact) mass is 175 g/mol. The van der Waals surface area contributed by atoms with Crippen molar-refractivity contribution in [1.29, 1.82) is 0 Å². The van der Waals surface area contributed by atoms with Gasteiger partial charge in [-0.05, 0) is 6.42 Å². The summed E-state index contributed by atoms with van der Waals surface area (Å²) in [6.07, 6.45) is 2.07. The van der Waals surface area contributed by atoms with Gasteiger partial charge in [-0.2, -0.15) is 5.10 Å². The molecule has 62 valence electrons. The van der Waals surface area contributed by atoms with Gasteiger partial charge in [-0.3, -0.25) is 5.10 Å². The zero-order valence-corrected chi connectivity index (χ0v) is 6.67. The van der Waals surface area contributed by atoms with Crippen molar-refractivity contribution in [2.45, 2.75) is 12.5 Å². The second-order valence-corrected chi connectivity index (χ2v) is 2.64. The quantitative estimate of drug-likeness (QED) is 0.624. The molecule has 1 aromatic rings. The first kappa shape index (κ1) is 8.52. The van der Waals surface area contributed by atoms with E-state index in [1.807, 2.05) is 0 Å². The molecule has 1 rings (SSSR count). The van der Waals surface area contributed by atoms with Gasteiger partial charge in [-0.25, -0.2) is 0 Å². The lowest BCUT2D eigenvalue weighted by atomic mass is 10.1. The highest BCUT2D eigenvalue weighted by Gasteiger charge is 2.10. The van der Waals surface area contributed by atoms with E-state index in [1.165, 1.54) is 0 Å². The highest BCUT2D eigenvalue weighted by atomic mass is 35.5. The Balaban J connectivity index is 2.67. The summed E-state index contributed by atoms with van der Waals surface area (Å²) in [4.78, 5) is 0. The van der Waals surface area contributed by atoms with Gasteiger partial charge < -0.3 is 10.8 Å². The summed E-state index contributed by atoms with van der Waals surface area (Å²) in [6, 6.07) is -0.230. The van der Waals surface area contributed by atoms with Crippen LogP contribution in [0.1, 0.15) is 18.0 Å². The fourth-order valence-corrected chi connectivity index (χ4v) is 1.07. The number of hydrogen-bond donors (Lipinski definition) is 3. The third-order valence-electron chi connectivity index (χ3n) is 1.46. The van der Waals surface area contributed by atoms with Crippen LogP contribution in [0.5, 0.6) is 0 Å². The number of aromatic amines is 1. The van der Waals surface area contributed by atoms with E-state index in [0.29, 0.717) is 11.6 Å². The Morgan fingerprint density at radius 3 is 3.00 bits per heavy atom. The molecule has 0 saturated carbocycles. The number of nitrogens with zero attached hydrogens (tertiary/aromatic N) is 1. The van der Waals surface area contributed by atoms with Crippen LogP contribution in [0.3, 0.4) is 0 Å². The van der Waals surface area contributed by atoms with E-state index in [2.05, 4.69) is 10.2 Å². The van der Waals surface area contributed by atoms with Crippen molar-refractivity contribution < 1.29 is 5.11 Å². The van der Waals surface area contributed by atoms with E-state index in [1.54, 1.807) is 6.20 Å². The van der Waals surface area contributed by atoms with Crippen LogP contribution in [0.2, 0.25) is 5.15 Å². The molecule has 11 heavy (non-hydrogen) atoms. The van der Waals surface area contributed by atoms with Crippen molar-refractivity contribution in [2.24, 2.45) is 5.73 Å². The largest absolute Gasteiger partial charge is 0.396 e. The van der Waals surface area contributed by atoms with Crippen molar-refractivity contribution in [3.63, 3.8) is 0 Å². The Labute approximate surface area is 69.4 Å². The average Bonchev–Trinajstić information content (AvgIpc) is 2.36. The summed E-state index contributed by atoms with van der Waals surface area (Å²) in [6.45, 7) is 0.0582. The molecule has 0 radical (unpaired) electrons. The highest BCUT2D eigenvalue weighted by Crippen LogP contribution is 2.19. The lowest BCUT2D eigenvalue weighted by Crippen LogP contribution is -2.11. The average molecular weight is 176 g/mol. The molecule has 5 heteroatoms. The second kappa shape index (κ2) is 3.71. The summed E-state index contributed by atoms with van der Waals surface area (Å²) >= 11 is 5.69. The zero-order valence-electron chi connectivity index (χ0n) is 5.92. The van der Waals surface area contributed by atoms with Gasteiger partial charge in [-0.15, -0.1) is 0 Å². The Kier molecular flexibility index (Phi) is 2.87. The number of rotatable bonds is 3. The molecule has 0 fully saturated rings. The second-order valence-electron chi connectivity index (χ2n) is 2.26. The Hall–Kier alpha value is -0.580. The molecule has 1 heterocycles. The van der Waals surface area contributed by atoms with Crippen molar-refractivity contribution in [2.75, 3.05) is 6.61 Å². The lowest BCUT2D eigenvalue weighted by Gasteiger charge is -2.06. The van der Waals surface area contributed by atoms with Crippen LogP contribution in [-0.4, -0.2) is 21.9 Å². The Morgan fingerprint density at radius 1 is 1.82 bits per heavy atom. The number of aromatic nitrogens is 2. The minimum absolute atomic E-state index is 0.0582. The molecule has 0 amide bonds.